The summed E-state index contributed by atoms with van der Waals surface area (Å²) in [7, 11) is 0. The van der Waals surface area contributed by atoms with E-state index >= 15 is 0 Å². The van der Waals surface area contributed by atoms with Gasteiger partial charge in [0.2, 0.25) is 0 Å². The molecule has 6 heteroatoms. The van der Waals surface area contributed by atoms with Crippen molar-refractivity contribution in [2.24, 2.45) is 10.2 Å². The zero-order chi connectivity index (χ0) is 15.6. The van der Waals surface area contributed by atoms with E-state index in [2.05, 4.69) is 21.1 Å². The normalized spacial score (nSPS) is 10.7. The maximum absolute atomic E-state index is 11.6. The lowest BCUT2D eigenvalue weighted by atomic mass is 10.2. The lowest BCUT2D eigenvalue weighted by Crippen LogP contribution is -2.18. The van der Waals surface area contributed by atoms with Gasteiger partial charge in [-0.2, -0.15) is 10.2 Å². The smallest absolute Gasteiger partial charge is 0.267 e. The summed E-state index contributed by atoms with van der Waals surface area (Å²) in [5.74, 6) is -0.642. The van der Waals surface area contributed by atoms with Crippen LogP contribution in [0.2, 0.25) is 0 Å². The van der Waals surface area contributed by atoms with Crippen molar-refractivity contribution in [2.45, 2.75) is 0 Å². The van der Waals surface area contributed by atoms with E-state index in [9.17, 15) is 9.59 Å². The van der Waals surface area contributed by atoms with E-state index in [-0.39, 0.29) is 11.8 Å². The number of amides is 2. The fourth-order valence-corrected chi connectivity index (χ4v) is 1.57. The molecule has 2 aromatic carbocycles. The highest BCUT2D eigenvalue weighted by atomic mass is 16.2. The number of hydrazone groups is 2. The number of hydrogen-bond acceptors (Lipinski definition) is 4. The number of nitrogens with zero attached hydrogens (tertiary/aromatic N) is 2. The van der Waals surface area contributed by atoms with E-state index < -0.39 is 0 Å². The standard InChI is InChI=1S/C16H14N4O2/c21-15(13-7-3-1-4-8-13)19-17-11-12-18-20-16(22)14-9-5-2-6-10-14/h1-12H,(H,19,21)(H,20,22)/b17-11-,18-12+. The third-order valence-corrected chi connectivity index (χ3v) is 2.62. The van der Waals surface area contributed by atoms with Crippen LogP contribution in [0.1, 0.15) is 20.7 Å². The topological polar surface area (TPSA) is 82.9 Å². The molecule has 0 heterocycles. The molecule has 0 saturated heterocycles. The van der Waals surface area contributed by atoms with Gasteiger partial charge in [-0.15, -0.1) is 0 Å². The van der Waals surface area contributed by atoms with Crippen LogP contribution in [-0.2, 0) is 0 Å². The molecule has 0 aliphatic carbocycles. The third kappa shape index (κ3) is 4.68. The summed E-state index contributed by atoms with van der Waals surface area (Å²) in [5.41, 5.74) is 5.71. The molecule has 0 aliphatic rings. The van der Waals surface area contributed by atoms with Crippen LogP contribution in [-0.4, -0.2) is 24.2 Å². The first-order valence-electron chi connectivity index (χ1n) is 6.53. The molecule has 22 heavy (non-hydrogen) atoms. The summed E-state index contributed by atoms with van der Waals surface area (Å²) in [5, 5.41) is 7.38. The molecule has 0 aromatic heterocycles. The second-order valence-corrected chi connectivity index (χ2v) is 4.17. The Morgan fingerprint density at radius 3 is 1.41 bits per heavy atom. The van der Waals surface area contributed by atoms with Gasteiger partial charge in [-0.05, 0) is 24.3 Å². The van der Waals surface area contributed by atoms with Crippen LogP contribution in [0.25, 0.3) is 0 Å². The van der Waals surface area contributed by atoms with Gasteiger partial charge < -0.3 is 0 Å². The van der Waals surface area contributed by atoms with Gasteiger partial charge in [0.05, 0.1) is 12.4 Å². The van der Waals surface area contributed by atoms with Crippen LogP contribution in [0.4, 0.5) is 0 Å². The average Bonchev–Trinajstić information content (AvgIpc) is 2.59. The molecule has 6 nitrogen and oxygen atoms in total. The highest BCUT2D eigenvalue weighted by molar-refractivity contribution is 6.16. The van der Waals surface area contributed by atoms with Gasteiger partial charge in [0.15, 0.2) is 0 Å². The van der Waals surface area contributed by atoms with E-state index in [1.165, 1.54) is 12.4 Å². The van der Waals surface area contributed by atoms with Crippen molar-refractivity contribution in [3.63, 3.8) is 0 Å². The van der Waals surface area contributed by atoms with E-state index in [0.29, 0.717) is 11.1 Å². The second-order valence-electron chi connectivity index (χ2n) is 4.17. The summed E-state index contributed by atoms with van der Waals surface area (Å²) in [4.78, 5) is 23.3. The molecule has 2 rings (SSSR count). The van der Waals surface area contributed by atoms with Crippen molar-refractivity contribution in [3.05, 3.63) is 71.8 Å². The Kier molecular flexibility index (Phi) is 5.57. The van der Waals surface area contributed by atoms with E-state index in [1.807, 2.05) is 12.1 Å². The minimum atomic E-state index is -0.321. The molecule has 0 bridgehead atoms. The Morgan fingerprint density at radius 2 is 1.05 bits per heavy atom. The van der Waals surface area contributed by atoms with Crippen molar-refractivity contribution >= 4 is 24.2 Å². The van der Waals surface area contributed by atoms with Gasteiger partial charge in [0, 0.05) is 11.1 Å². The quantitative estimate of drug-likeness (QED) is 0.651. The van der Waals surface area contributed by atoms with Gasteiger partial charge in [-0.25, -0.2) is 10.9 Å². The van der Waals surface area contributed by atoms with E-state index in [4.69, 9.17) is 0 Å². The van der Waals surface area contributed by atoms with Crippen LogP contribution < -0.4 is 10.9 Å². The van der Waals surface area contributed by atoms with Gasteiger partial charge in [-0.3, -0.25) is 9.59 Å². The third-order valence-electron chi connectivity index (χ3n) is 2.62. The largest absolute Gasteiger partial charge is 0.271 e. The molecule has 2 amide bonds. The first-order chi connectivity index (χ1) is 10.8. The maximum Gasteiger partial charge on any atom is 0.271 e. The number of hydrogen-bond donors (Lipinski definition) is 2. The maximum atomic E-state index is 11.6. The minimum Gasteiger partial charge on any atom is -0.267 e. The second kappa shape index (κ2) is 8.11. The first-order valence-corrected chi connectivity index (χ1v) is 6.53. The predicted octanol–water partition coefficient (Wildman–Crippen LogP) is 1.82. The number of nitrogens with one attached hydrogen (secondary N) is 2. The fourth-order valence-electron chi connectivity index (χ4n) is 1.57. The molecule has 0 aliphatic heterocycles. The Bertz CT molecular complexity index is 620. The van der Waals surface area contributed by atoms with Gasteiger partial charge >= 0.3 is 0 Å². The Hall–Kier alpha value is -3.28. The Balaban J connectivity index is 1.76. The van der Waals surface area contributed by atoms with E-state index in [0.717, 1.165) is 0 Å². The van der Waals surface area contributed by atoms with E-state index in [1.54, 1.807) is 48.5 Å². The number of carbonyl (C=O) groups is 2. The number of benzene rings is 2. The molecule has 110 valence electrons. The van der Waals surface area contributed by atoms with Crippen LogP contribution in [0.15, 0.2) is 70.9 Å². The zero-order valence-corrected chi connectivity index (χ0v) is 11.6. The van der Waals surface area contributed by atoms with Crippen LogP contribution >= 0.6 is 0 Å². The number of rotatable bonds is 5. The molecule has 0 radical (unpaired) electrons. The average molecular weight is 294 g/mol. The Morgan fingerprint density at radius 1 is 0.682 bits per heavy atom. The summed E-state index contributed by atoms with van der Waals surface area (Å²) < 4.78 is 0. The highest BCUT2D eigenvalue weighted by Gasteiger charge is 2.01. The summed E-state index contributed by atoms with van der Waals surface area (Å²) in [6, 6.07) is 17.4. The van der Waals surface area contributed by atoms with Gasteiger partial charge in [0.25, 0.3) is 11.8 Å². The van der Waals surface area contributed by atoms with Crippen molar-refractivity contribution in [1.82, 2.24) is 10.9 Å². The van der Waals surface area contributed by atoms with Crippen LogP contribution in [0, 0.1) is 0 Å². The summed E-state index contributed by atoms with van der Waals surface area (Å²) in [6.45, 7) is 0. The molecular formula is C16H14N4O2. The molecular weight excluding hydrogens is 280 g/mol. The Labute approximate surface area is 127 Å². The monoisotopic (exact) mass is 294 g/mol. The van der Waals surface area contributed by atoms with Crippen LogP contribution in [0.5, 0.6) is 0 Å². The number of carbonyl (C=O) groups excluding carboxylic acids is 2. The SMILES string of the molecule is O=C(N/N=C\C=N\NC(=O)c1ccccc1)c1ccccc1. The van der Waals surface area contributed by atoms with Gasteiger partial charge in [0.1, 0.15) is 0 Å². The first kappa shape index (κ1) is 15.1. The summed E-state index contributed by atoms with van der Waals surface area (Å²) >= 11 is 0. The molecule has 0 saturated carbocycles. The van der Waals surface area contributed by atoms with Crippen molar-refractivity contribution in [2.75, 3.05) is 0 Å². The minimum absolute atomic E-state index is 0.321. The van der Waals surface area contributed by atoms with Crippen molar-refractivity contribution < 1.29 is 9.59 Å². The predicted molar refractivity (Wildman–Crippen MR) is 84.8 cm³/mol. The summed E-state index contributed by atoms with van der Waals surface area (Å²) in [6.07, 6.45) is 2.54. The van der Waals surface area contributed by atoms with Crippen LogP contribution in [0.3, 0.4) is 0 Å². The zero-order valence-electron chi connectivity index (χ0n) is 11.6. The van der Waals surface area contributed by atoms with Gasteiger partial charge in [-0.1, -0.05) is 36.4 Å². The molecule has 0 spiro atoms. The van der Waals surface area contributed by atoms with Crippen molar-refractivity contribution in [1.29, 1.82) is 0 Å². The molecule has 0 fully saturated rings. The highest BCUT2D eigenvalue weighted by Crippen LogP contribution is 1.98. The molecule has 0 atom stereocenters. The molecule has 2 aromatic rings. The van der Waals surface area contributed by atoms with Crippen molar-refractivity contribution in [3.8, 4) is 0 Å². The lowest BCUT2D eigenvalue weighted by molar-refractivity contribution is 0.0946. The molecule has 2 N–H and O–H groups in total. The fraction of sp³-hybridized carbons (Fsp3) is 0. The molecule has 0 unspecified atom stereocenters. The lowest BCUT2D eigenvalue weighted by Gasteiger charge is -1.98.